The van der Waals surface area contributed by atoms with Gasteiger partial charge in [0.2, 0.25) is 0 Å². The van der Waals surface area contributed by atoms with Crippen molar-refractivity contribution in [2.75, 3.05) is 11.4 Å². The number of carbonyl (C=O) groups is 1. The maximum atomic E-state index is 13.6. The molecule has 0 radical (unpaired) electrons. The lowest BCUT2D eigenvalue weighted by Crippen LogP contribution is -2.42. The van der Waals surface area contributed by atoms with Crippen molar-refractivity contribution in [3.8, 4) is 11.1 Å². The van der Waals surface area contributed by atoms with E-state index in [4.69, 9.17) is 0 Å². The summed E-state index contributed by atoms with van der Waals surface area (Å²) in [5, 5.41) is 4.44. The number of rotatable bonds is 2. The summed E-state index contributed by atoms with van der Waals surface area (Å²) in [5.74, 6) is -0.402. The third-order valence-electron chi connectivity index (χ3n) is 4.77. The Bertz CT molecular complexity index is 1010. The molecule has 3 heterocycles. The monoisotopic (exact) mass is 350 g/mol. The Balaban J connectivity index is 1.82. The van der Waals surface area contributed by atoms with Gasteiger partial charge >= 0.3 is 0 Å². The smallest absolute Gasteiger partial charge is 0.277 e. The third-order valence-corrected chi connectivity index (χ3v) is 4.77. The molecule has 0 spiro atoms. The summed E-state index contributed by atoms with van der Waals surface area (Å²) in [4.78, 5) is 19.2. The number of halogens is 1. The van der Waals surface area contributed by atoms with Crippen LogP contribution in [0.15, 0.2) is 42.7 Å². The van der Waals surface area contributed by atoms with Crippen LogP contribution in [0.4, 0.5) is 10.1 Å². The molecule has 0 N–H and O–H groups in total. The number of nitrogens with zero attached hydrogens (tertiary/aromatic N) is 4. The van der Waals surface area contributed by atoms with E-state index in [1.165, 1.54) is 6.07 Å². The van der Waals surface area contributed by atoms with Crippen molar-refractivity contribution < 1.29 is 9.18 Å². The molecule has 0 saturated heterocycles. The van der Waals surface area contributed by atoms with Gasteiger partial charge in [-0.05, 0) is 62.2 Å². The second kappa shape index (κ2) is 6.05. The molecular weight excluding hydrogens is 331 g/mol. The van der Waals surface area contributed by atoms with Gasteiger partial charge in [0.25, 0.3) is 5.91 Å². The SMILES string of the molecule is Cc1cc(-c2cnn3c2C(=O)N(c2ccc(F)c(C)c2)C[C@@H]3C)ccn1. The zero-order valence-electron chi connectivity index (χ0n) is 14.9. The first kappa shape index (κ1) is 16.4. The van der Waals surface area contributed by atoms with Crippen LogP contribution >= 0.6 is 0 Å². The van der Waals surface area contributed by atoms with Crippen molar-refractivity contribution in [2.45, 2.75) is 26.8 Å². The van der Waals surface area contributed by atoms with Crippen LogP contribution in [0.2, 0.25) is 0 Å². The highest BCUT2D eigenvalue weighted by atomic mass is 19.1. The standard InChI is InChI=1S/C20H19FN4O/c1-12-8-16(4-5-18(12)21)24-11-14(3)25-19(20(24)26)17(10-23-25)15-6-7-22-13(2)9-15/h4-10,14H,11H2,1-3H3/t14-/m0/s1. The fraction of sp³-hybridized carbons (Fsp3) is 0.250. The van der Waals surface area contributed by atoms with Crippen molar-refractivity contribution in [3.05, 3.63) is 65.5 Å². The highest BCUT2D eigenvalue weighted by Crippen LogP contribution is 2.33. The van der Waals surface area contributed by atoms with Crippen LogP contribution in [0.25, 0.3) is 11.1 Å². The summed E-state index contributed by atoms with van der Waals surface area (Å²) in [5.41, 5.74) is 4.35. The molecule has 0 fully saturated rings. The number of benzene rings is 1. The third kappa shape index (κ3) is 2.58. The Hall–Kier alpha value is -3.02. The zero-order chi connectivity index (χ0) is 18.4. The molecule has 0 unspecified atom stereocenters. The number of carbonyl (C=O) groups excluding carboxylic acids is 1. The maximum absolute atomic E-state index is 13.6. The Morgan fingerprint density at radius 2 is 2.00 bits per heavy atom. The van der Waals surface area contributed by atoms with Gasteiger partial charge in [-0.15, -0.1) is 0 Å². The van der Waals surface area contributed by atoms with E-state index in [1.54, 1.807) is 41.0 Å². The van der Waals surface area contributed by atoms with Crippen LogP contribution in [0.3, 0.4) is 0 Å². The molecule has 2 aromatic heterocycles. The molecule has 0 saturated carbocycles. The van der Waals surface area contributed by atoms with Gasteiger partial charge in [0.15, 0.2) is 0 Å². The van der Waals surface area contributed by atoms with Crippen LogP contribution in [-0.4, -0.2) is 27.2 Å². The molecule has 1 aromatic carbocycles. The largest absolute Gasteiger partial charge is 0.305 e. The number of fused-ring (bicyclic) bond motifs is 1. The second-order valence-electron chi connectivity index (χ2n) is 6.74. The van der Waals surface area contributed by atoms with Gasteiger partial charge < -0.3 is 4.90 Å². The van der Waals surface area contributed by atoms with Crippen molar-refractivity contribution >= 4 is 11.6 Å². The predicted octanol–water partition coefficient (Wildman–Crippen LogP) is 3.92. The van der Waals surface area contributed by atoms with E-state index < -0.39 is 0 Å². The highest BCUT2D eigenvalue weighted by molar-refractivity contribution is 6.09. The number of aromatic nitrogens is 3. The molecule has 1 atom stereocenters. The van der Waals surface area contributed by atoms with Gasteiger partial charge in [-0.25, -0.2) is 4.39 Å². The van der Waals surface area contributed by atoms with E-state index in [0.29, 0.717) is 23.5 Å². The number of aryl methyl sites for hydroxylation is 2. The maximum Gasteiger partial charge on any atom is 0.277 e. The lowest BCUT2D eigenvalue weighted by Gasteiger charge is -2.32. The highest BCUT2D eigenvalue weighted by Gasteiger charge is 2.33. The number of pyridine rings is 1. The molecule has 1 amide bonds. The molecule has 1 aliphatic rings. The molecule has 4 rings (SSSR count). The number of anilines is 1. The first-order chi connectivity index (χ1) is 12.5. The van der Waals surface area contributed by atoms with Gasteiger partial charge in [-0.2, -0.15) is 5.10 Å². The van der Waals surface area contributed by atoms with Gasteiger partial charge in [-0.3, -0.25) is 14.5 Å². The molecule has 0 bridgehead atoms. The zero-order valence-corrected chi connectivity index (χ0v) is 14.9. The van der Waals surface area contributed by atoms with Crippen molar-refractivity contribution in [1.29, 1.82) is 0 Å². The molecule has 6 heteroatoms. The van der Waals surface area contributed by atoms with Crippen molar-refractivity contribution in [2.24, 2.45) is 0 Å². The minimum absolute atomic E-state index is 0.0183. The fourth-order valence-corrected chi connectivity index (χ4v) is 3.41. The quantitative estimate of drug-likeness (QED) is 0.704. The van der Waals surface area contributed by atoms with E-state index in [-0.39, 0.29) is 17.8 Å². The van der Waals surface area contributed by atoms with Gasteiger partial charge in [-0.1, -0.05) is 0 Å². The Labute approximate surface area is 151 Å². The summed E-state index contributed by atoms with van der Waals surface area (Å²) >= 11 is 0. The van der Waals surface area contributed by atoms with Crippen molar-refractivity contribution in [1.82, 2.24) is 14.8 Å². The molecular formula is C20H19FN4O. The average Bonchev–Trinajstić information content (AvgIpc) is 3.06. The van der Waals surface area contributed by atoms with Gasteiger partial charge in [0.05, 0.1) is 12.2 Å². The van der Waals surface area contributed by atoms with E-state index in [1.807, 2.05) is 26.0 Å². The number of hydrogen-bond acceptors (Lipinski definition) is 3. The van der Waals surface area contributed by atoms with E-state index >= 15 is 0 Å². The Kier molecular flexibility index (Phi) is 3.83. The molecule has 5 nitrogen and oxygen atoms in total. The van der Waals surface area contributed by atoms with Gasteiger partial charge in [0, 0.05) is 29.7 Å². The topological polar surface area (TPSA) is 51.0 Å². The minimum atomic E-state index is -0.274. The number of amides is 1. The lowest BCUT2D eigenvalue weighted by atomic mass is 10.0. The van der Waals surface area contributed by atoms with E-state index in [0.717, 1.165) is 16.8 Å². The first-order valence-corrected chi connectivity index (χ1v) is 8.54. The first-order valence-electron chi connectivity index (χ1n) is 8.54. The molecule has 132 valence electrons. The summed E-state index contributed by atoms with van der Waals surface area (Å²) in [6.45, 7) is 6.13. The molecule has 0 aliphatic carbocycles. The van der Waals surface area contributed by atoms with Crippen LogP contribution in [-0.2, 0) is 0 Å². The Morgan fingerprint density at radius 1 is 1.19 bits per heavy atom. The normalized spacial score (nSPS) is 16.7. The average molecular weight is 350 g/mol. The summed E-state index contributed by atoms with van der Waals surface area (Å²) in [7, 11) is 0. The summed E-state index contributed by atoms with van der Waals surface area (Å²) in [6, 6.07) is 8.60. The summed E-state index contributed by atoms with van der Waals surface area (Å²) in [6.07, 6.45) is 3.46. The minimum Gasteiger partial charge on any atom is -0.305 e. The predicted molar refractivity (Wildman–Crippen MR) is 97.7 cm³/mol. The molecule has 26 heavy (non-hydrogen) atoms. The fourth-order valence-electron chi connectivity index (χ4n) is 3.41. The second-order valence-corrected chi connectivity index (χ2v) is 6.74. The molecule has 3 aromatic rings. The van der Waals surface area contributed by atoms with Crippen LogP contribution in [0, 0.1) is 19.7 Å². The lowest BCUT2D eigenvalue weighted by molar-refractivity contribution is 0.0954. The van der Waals surface area contributed by atoms with Crippen LogP contribution in [0.1, 0.15) is 34.7 Å². The van der Waals surface area contributed by atoms with E-state index in [9.17, 15) is 9.18 Å². The van der Waals surface area contributed by atoms with Crippen molar-refractivity contribution in [3.63, 3.8) is 0 Å². The summed E-state index contributed by atoms with van der Waals surface area (Å²) < 4.78 is 15.4. The Morgan fingerprint density at radius 3 is 2.73 bits per heavy atom. The van der Waals surface area contributed by atoms with E-state index in [2.05, 4.69) is 10.1 Å². The van der Waals surface area contributed by atoms with Gasteiger partial charge in [0.1, 0.15) is 11.5 Å². The number of hydrogen-bond donors (Lipinski definition) is 0. The molecule has 1 aliphatic heterocycles. The van der Waals surface area contributed by atoms with Crippen LogP contribution in [0.5, 0.6) is 0 Å². The van der Waals surface area contributed by atoms with Crippen LogP contribution < -0.4 is 4.90 Å².